The van der Waals surface area contributed by atoms with Crippen LogP contribution in [0.3, 0.4) is 0 Å². The minimum absolute atomic E-state index is 0.252. The number of anilines is 1. The lowest BCUT2D eigenvalue weighted by Crippen LogP contribution is -2.28. The van der Waals surface area contributed by atoms with E-state index in [0.29, 0.717) is 12.2 Å². The van der Waals surface area contributed by atoms with Gasteiger partial charge in [-0.2, -0.15) is 10.2 Å². The number of nitrogens with zero attached hydrogens (tertiary/aromatic N) is 4. The Hall–Kier alpha value is -2.84. The van der Waals surface area contributed by atoms with Crippen LogP contribution in [0.1, 0.15) is 11.3 Å². The van der Waals surface area contributed by atoms with Crippen LogP contribution < -0.4 is 10.6 Å². The molecule has 2 amide bonds. The van der Waals surface area contributed by atoms with E-state index in [1.165, 1.54) is 17.1 Å². The fraction of sp³-hybridized carbons (Fsp3) is 0.333. The quantitative estimate of drug-likeness (QED) is 0.735. The Morgan fingerprint density at radius 3 is 2.76 bits per heavy atom. The van der Waals surface area contributed by atoms with Gasteiger partial charge in [-0.15, -0.1) is 0 Å². The van der Waals surface area contributed by atoms with Crippen molar-refractivity contribution in [1.29, 1.82) is 0 Å². The van der Waals surface area contributed by atoms with Crippen molar-refractivity contribution in [2.24, 2.45) is 7.05 Å². The Morgan fingerprint density at radius 2 is 2.14 bits per heavy atom. The van der Waals surface area contributed by atoms with E-state index in [2.05, 4.69) is 20.8 Å². The maximum absolute atomic E-state index is 11.7. The molecular weight excluding hydrogens is 276 g/mol. The van der Waals surface area contributed by atoms with E-state index in [0.717, 1.165) is 11.3 Å². The minimum Gasteiger partial charge on any atom is -0.480 e. The summed E-state index contributed by atoms with van der Waals surface area (Å²) in [4.78, 5) is 22.3. The molecule has 2 rings (SSSR count). The van der Waals surface area contributed by atoms with Gasteiger partial charge in [-0.25, -0.2) is 4.79 Å². The number of rotatable bonds is 5. The number of hydrogen-bond donors (Lipinski definition) is 3. The summed E-state index contributed by atoms with van der Waals surface area (Å²) in [7, 11) is 1.81. The number of carboxylic acid groups (broad SMARTS) is 1. The Bertz CT molecular complexity index is 660. The van der Waals surface area contributed by atoms with Gasteiger partial charge < -0.3 is 15.7 Å². The Kier molecular flexibility index (Phi) is 4.21. The van der Waals surface area contributed by atoms with Gasteiger partial charge in [0.05, 0.1) is 17.6 Å². The molecular formula is C12H16N6O3. The molecule has 9 nitrogen and oxygen atoms in total. The molecule has 2 heterocycles. The molecule has 0 saturated carbocycles. The van der Waals surface area contributed by atoms with Gasteiger partial charge in [-0.05, 0) is 6.92 Å². The van der Waals surface area contributed by atoms with Gasteiger partial charge in [-0.1, -0.05) is 0 Å². The third-order valence-electron chi connectivity index (χ3n) is 2.74. The predicted octanol–water partition coefficient (Wildman–Crippen LogP) is 0.331. The zero-order chi connectivity index (χ0) is 15.4. The number of urea groups is 1. The van der Waals surface area contributed by atoms with Gasteiger partial charge in [0.1, 0.15) is 6.54 Å². The fourth-order valence-corrected chi connectivity index (χ4v) is 1.83. The average Bonchev–Trinajstić information content (AvgIpc) is 2.93. The van der Waals surface area contributed by atoms with Crippen molar-refractivity contribution in [3.63, 3.8) is 0 Å². The van der Waals surface area contributed by atoms with Crippen LogP contribution in [-0.4, -0.2) is 36.7 Å². The largest absolute Gasteiger partial charge is 0.480 e. The predicted molar refractivity (Wildman–Crippen MR) is 73.7 cm³/mol. The molecule has 21 heavy (non-hydrogen) atoms. The number of nitrogens with one attached hydrogen (secondary N) is 2. The summed E-state index contributed by atoms with van der Waals surface area (Å²) >= 11 is 0. The second-order valence-corrected chi connectivity index (χ2v) is 4.54. The lowest BCUT2D eigenvalue weighted by molar-refractivity contribution is -0.137. The standard InChI is InChI=1S/C12H16N6O3/c1-8-9(5-17(2)16-8)3-13-12(21)15-10-4-14-18(6-10)7-11(19)20/h4-6H,3,7H2,1-2H3,(H,19,20)(H2,13,15,21). The van der Waals surface area contributed by atoms with Crippen LogP contribution in [0, 0.1) is 6.92 Å². The third kappa shape index (κ3) is 4.06. The second-order valence-electron chi connectivity index (χ2n) is 4.54. The lowest BCUT2D eigenvalue weighted by Gasteiger charge is -2.04. The van der Waals surface area contributed by atoms with Gasteiger partial charge in [-0.3, -0.25) is 14.2 Å². The maximum atomic E-state index is 11.7. The molecule has 0 saturated heterocycles. The molecule has 3 N–H and O–H groups in total. The molecule has 0 aliphatic rings. The van der Waals surface area contributed by atoms with Crippen molar-refractivity contribution >= 4 is 17.7 Å². The number of carbonyl (C=O) groups is 2. The molecule has 0 aliphatic heterocycles. The number of carboxylic acids is 1. The number of aryl methyl sites for hydroxylation is 2. The van der Waals surface area contributed by atoms with Crippen LogP contribution in [-0.2, 0) is 24.9 Å². The number of amides is 2. The molecule has 2 aromatic rings. The average molecular weight is 292 g/mol. The molecule has 0 unspecified atom stereocenters. The summed E-state index contributed by atoms with van der Waals surface area (Å²) in [6.45, 7) is 1.97. The first-order valence-electron chi connectivity index (χ1n) is 6.22. The van der Waals surface area contributed by atoms with Crippen molar-refractivity contribution in [3.8, 4) is 0 Å². The van der Waals surface area contributed by atoms with E-state index < -0.39 is 12.0 Å². The highest BCUT2D eigenvalue weighted by Crippen LogP contribution is 2.06. The summed E-state index contributed by atoms with van der Waals surface area (Å²) in [6.07, 6.45) is 4.67. The highest BCUT2D eigenvalue weighted by Gasteiger charge is 2.08. The van der Waals surface area contributed by atoms with Crippen LogP contribution >= 0.6 is 0 Å². The van der Waals surface area contributed by atoms with Crippen LogP contribution in [0.25, 0.3) is 0 Å². The summed E-state index contributed by atoms with van der Waals surface area (Å²) in [6, 6.07) is -0.395. The van der Waals surface area contributed by atoms with Crippen LogP contribution in [0.4, 0.5) is 10.5 Å². The van der Waals surface area contributed by atoms with Gasteiger partial charge >= 0.3 is 12.0 Å². The first kappa shape index (κ1) is 14.6. The zero-order valence-electron chi connectivity index (χ0n) is 11.7. The van der Waals surface area contributed by atoms with E-state index in [1.54, 1.807) is 4.68 Å². The topological polar surface area (TPSA) is 114 Å². The monoisotopic (exact) mass is 292 g/mol. The highest BCUT2D eigenvalue weighted by atomic mass is 16.4. The molecule has 2 aromatic heterocycles. The maximum Gasteiger partial charge on any atom is 0.325 e. The molecule has 0 bridgehead atoms. The molecule has 0 aromatic carbocycles. The number of aliphatic carboxylic acids is 1. The minimum atomic E-state index is -0.999. The third-order valence-corrected chi connectivity index (χ3v) is 2.74. The number of aromatic nitrogens is 4. The fourth-order valence-electron chi connectivity index (χ4n) is 1.83. The van der Waals surface area contributed by atoms with Gasteiger partial charge in [0.2, 0.25) is 0 Å². The normalized spacial score (nSPS) is 10.4. The molecule has 0 aliphatic carbocycles. The Balaban J connectivity index is 1.85. The zero-order valence-corrected chi connectivity index (χ0v) is 11.7. The van der Waals surface area contributed by atoms with Crippen LogP contribution in [0.5, 0.6) is 0 Å². The molecule has 0 radical (unpaired) electrons. The van der Waals surface area contributed by atoms with Gasteiger partial charge in [0, 0.05) is 31.5 Å². The Labute approximate surface area is 120 Å². The summed E-state index contributed by atoms with van der Waals surface area (Å²) < 4.78 is 2.91. The first-order chi connectivity index (χ1) is 9.94. The summed E-state index contributed by atoms with van der Waals surface area (Å²) in [5.41, 5.74) is 2.21. The van der Waals surface area contributed by atoms with Crippen molar-refractivity contribution in [1.82, 2.24) is 24.9 Å². The Morgan fingerprint density at radius 1 is 1.38 bits per heavy atom. The van der Waals surface area contributed by atoms with Crippen molar-refractivity contribution < 1.29 is 14.7 Å². The molecule has 0 spiro atoms. The summed E-state index contributed by atoms with van der Waals surface area (Å²) in [5.74, 6) is -0.999. The smallest absolute Gasteiger partial charge is 0.325 e. The SMILES string of the molecule is Cc1nn(C)cc1CNC(=O)Nc1cnn(CC(=O)O)c1. The summed E-state index contributed by atoms with van der Waals surface area (Å²) in [5, 5.41) is 21.9. The van der Waals surface area contributed by atoms with E-state index >= 15 is 0 Å². The van der Waals surface area contributed by atoms with Gasteiger partial charge in [0.25, 0.3) is 0 Å². The van der Waals surface area contributed by atoms with Crippen molar-refractivity contribution in [2.45, 2.75) is 20.0 Å². The number of carbonyl (C=O) groups excluding carboxylic acids is 1. The lowest BCUT2D eigenvalue weighted by atomic mass is 10.3. The number of hydrogen-bond acceptors (Lipinski definition) is 4. The van der Waals surface area contributed by atoms with Crippen LogP contribution in [0.15, 0.2) is 18.6 Å². The van der Waals surface area contributed by atoms with E-state index in [1.807, 2.05) is 20.2 Å². The highest BCUT2D eigenvalue weighted by molar-refractivity contribution is 5.88. The molecule has 0 fully saturated rings. The van der Waals surface area contributed by atoms with E-state index in [-0.39, 0.29) is 6.54 Å². The first-order valence-corrected chi connectivity index (χ1v) is 6.22. The van der Waals surface area contributed by atoms with E-state index in [9.17, 15) is 9.59 Å². The molecule has 112 valence electrons. The second kappa shape index (κ2) is 6.07. The van der Waals surface area contributed by atoms with Crippen LogP contribution in [0.2, 0.25) is 0 Å². The molecule has 0 atom stereocenters. The van der Waals surface area contributed by atoms with E-state index in [4.69, 9.17) is 5.11 Å². The van der Waals surface area contributed by atoms with Crippen molar-refractivity contribution in [3.05, 3.63) is 29.8 Å². The van der Waals surface area contributed by atoms with Gasteiger partial charge in [0.15, 0.2) is 0 Å². The van der Waals surface area contributed by atoms with Crippen molar-refractivity contribution in [2.75, 3.05) is 5.32 Å². The molecule has 9 heteroatoms.